The molecule has 21 heavy (non-hydrogen) atoms. The van der Waals surface area contributed by atoms with Crippen molar-refractivity contribution in [1.29, 1.82) is 0 Å². The summed E-state index contributed by atoms with van der Waals surface area (Å²) < 4.78 is 5.44. The van der Waals surface area contributed by atoms with E-state index in [4.69, 9.17) is 4.74 Å². The van der Waals surface area contributed by atoms with Crippen LogP contribution in [-0.2, 0) is 4.74 Å². The van der Waals surface area contributed by atoms with Crippen molar-refractivity contribution in [3.05, 3.63) is 29.8 Å². The minimum absolute atomic E-state index is 0.176. The molecule has 0 N–H and O–H groups in total. The highest BCUT2D eigenvalue weighted by Crippen LogP contribution is 2.30. The summed E-state index contributed by atoms with van der Waals surface area (Å²) in [6.45, 7) is 2.49. The summed E-state index contributed by atoms with van der Waals surface area (Å²) in [5.41, 5.74) is 1.92. The number of ether oxygens (including phenoxy) is 1. The average Bonchev–Trinajstić information content (AvgIpc) is 3.20. The fraction of sp³-hybridized carbons (Fsp3) is 0.588. The number of benzene rings is 1. The van der Waals surface area contributed by atoms with Gasteiger partial charge in [-0.1, -0.05) is 0 Å². The molecule has 4 heteroatoms. The number of amides is 1. The Morgan fingerprint density at radius 1 is 1.19 bits per heavy atom. The molecule has 2 fully saturated rings. The first kappa shape index (κ1) is 14.4. The van der Waals surface area contributed by atoms with Crippen LogP contribution in [0.25, 0.3) is 0 Å². The third-order valence-electron chi connectivity index (χ3n) is 4.36. The Morgan fingerprint density at radius 3 is 2.43 bits per heavy atom. The zero-order valence-corrected chi connectivity index (χ0v) is 12.9. The minimum atomic E-state index is 0.176. The smallest absolute Gasteiger partial charge is 0.254 e. The van der Waals surface area contributed by atoms with Gasteiger partial charge in [-0.3, -0.25) is 4.79 Å². The molecule has 1 saturated carbocycles. The number of rotatable bonds is 5. The molecule has 1 heterocycles. The Hall–Kier alpha value is -1.55. The van der Waals surface area contributed by atoms with E-state index in [-0.39, 0.29) is 5.91 Å². The first-order valence-electron chi connectivity index (χ1n) is 7.81. The van der Waals surface area contributed by atoms with Crippen LogP contribution in [0.5, 0.6) is 0 Å². The SMILES string of the molecule is CN(C)c1ccc(C(=O)N(C[C@@H]2CCOC2)C2CC2)cc1. The molecule has 1 aliphatic heterocycles. The Bertz CT molecular complexity index is 488. The van der Waals surface area contributed by atoms with Crippen molar-refractivity contribution in [3.8, 4) is 0 Å². The van der Waals surface area contributed by atoms with Crippen LogP contribution in [-0.4, -0.2) is 50.7 Å². The topological polar surface area (TPSA) is 32.8 Å². The minimum Gasteiger partial charge on any atom is -0.381 e. The van der Waals surface area contributed by atoms with E-state index in [0.29, 0.717) is 12.0 Å². The Labute approximate surface area is 126 Å². The lowest BCUT2D eigenvalue weighted by molar-refractivity contribution is 0.0706. The molecular formula is C17H24N2O2. The number of carbonyl (C=O) groups excluding carboxylic acids is 1. The van der Waals surface area contributed by atoms with Crippen LogP contribution in [0, 0.1) is 5.92 Å². The van der Waals surface area contributed by atoms with E-state index < -0.39 is 0 Å². The highest BCUT2D eigenvalue weighted by atomic mass is 16.5. The number of carbonyl (C=O) groups is 1. The van der Waals surface area contributed by atoms with E-state index in [9.17, 15) is 4.79 Å². The van der Waals surface area contributed by atoms with E-state index in [2.05, 4.69) is 4.90 Å². The average molecular weight is 288 g/mol. The second kappa shape index (κ2) is 6.06. The van der Waals surface area contributed by atoms with Gasteiger partial charge in [-0.15, -0.1) is 0 Å². The third kappa shape index (κ3) is 3.38. The van der Waals surface area contributed by atoms with Crippen LogP contribution in [0.2, 0.25) is 0 Å². The Kier molecular flexibility index (Phi) is 4.15. The van der Waals surface area contributed by atoms with E-state index in [1.165, 1.54) is 0 Å². The summed E-state index contributed by atoms with van der Waals surface area (Å²) in [6, 6.07) is 8.36. The largest absolute Gasteiger partial charge is 0.381 e. The number of anilines is 1. The summed E-state index contributed by atoms with van der Waals surface area (Å²) in [5.74, 6) is 0.685. The fourth-order valence-electron chi connectivity index (χ4n) is 2.86. The number of nitrogens with zero attached hydrogens (tertiary/aromatic N) is 2. The molecule has 4 nitrogen and oxygen atoms in total. The van der Waals surface area contributed by atoms with Crippen molar-refractivity contribution in [2.75, 3.05) is 38.8 Å². The first-order valence-corrected chi connectivity index (χ1v) is 7.81. The van der Waals surface area contributed by atoms with Gasteiger partial charge in [0.1, 0.15) is 0 Å². The summed E-state index contributed by atoms with van der Waals surface area (Å²) in [5, 5.41) is 0. The second-order valence-corrected chi connectivity index (χ2v) is 6.36. The molecule has 0 spiro atoms. The van der Waals surface area contributed by atoms with E-state index in [0.717, 1.165) is 50.3 Å². The lowest BCUT2D eigenvalue weighted by Gasteiger charge is -2.25. The van der Waals surface area contributed by atoms with Crippen LogP contribution in [0.3, 0.4) is 0 Å². The van der Waals surface area contributed by atoms with Gasteiger partial charge in [0.15, 0.2) is 0 Å². The zero-order valence-electron chi connectivity index (χ0n) is 12.9. The maximum absolute atomic E-state index is 12.8. The summed E-state index contributed by atoms with van der Waals surface area (Å²) in [7, 11) is 4.01. The van der Waals surface area contributed by atoms with Crippen molar-refractivity contribution >= 4 is 11.6 Å². The van der Waals surface area contributed by atoms with Gasteiger partial charge in [-0.05, 0) is 43.5 Å². The molecular weight excluding hydrogens is 264 g/mol. The van der Waals surface area contributed by atoms with E-state index in [1.54, 1.807) is 0 Å². The lowest BCUT2D eigenvalue weighted by Crippen LogP contribution is -2.37. The van der Waals surface area contributed by atoms with Crippen LogP contribution in [0.4, 0.5) is 5.69 Å². The molecule has 3 rings (SSSR count). The van der Waals surface area contributed by atoms with Gasteiger partial charge in [-0.25, -0.2) is 0 Å². The van der Waals surface area contributed by atoms with Crippen LogP contribution < -0.4 is 4.90 Å². The summed E-state index contributed by atoms with van der Waals surface area (Å²) in [4.78, 5) is 16.9. The standard InChI is InChI=1S/C17H24N2O2/c1-18(2)15-5-3-14(4-6-15)17(20)19(16-7-8-16)11-13-9-10-21-12-13/h3-6,13,16H,7-12H2,1-2H3/t13-/m0/s1. The third-order valence-corrected chi connectivity index (χ3v) is 4.36. The first-order chi connectivity index (χ1) is 10.1. The Morgan fingerprint density at radius 2 is 1.90 bits per heavy atom. The van der Waals surface area contributed by atoms with E-state index >= 15 is 0 Å². The predicted octanol–water partition coefficient (Wildman–Crippen LogP) is 2.39. The molecule has 0 bridgehead atoms. The van der Waals surface area contributed by atoms with Crippen molar-refractivity contribution in [2.45, 2.75) is 25.3 Å². The van der Waals surface area contributed by atoms with E-state index in [1.807, 2.05) is 43.3 Å². The van der Waals surface area contributed by atoms with Crippen molar-refractivity contribution in [2.24, 2.45) is 5.92 Å². The van der Waals surface area contributed by atoms with Gasteiger partial charge in [0, 0.05) is 50.5 Å². The maximum atomic E-state index is 12.8. The van der Waals surface area contributed by atoms with Crippen LogP contribution in [0.15, 0.2) is 24.3 Å². The highest BCUT2D eigenvalue weighted by molar-refractivity contribution is 5.95. The molecule has 0 aromatic heterocycles. The van der Waals surface area contributed by atoms with Gasteiger partial charge >= 0.3 is 0 Å². The van der Waals surface area contributed by atoms with Crippen LogP contribution >= 0.6 is 0 Å². The highest BCUT2D eigenvalue weighted by Gasteiger charge is 2.35. The molecule has 1 amide bonds. The van der Waals surface area contributed by atoms with Gasteiger partial charge in [0.25, 0.3) is 5.91 Å². The van der Waals surface area contributed by atoms with Crippen molar-refractivity contribution in [3.63, 3.8) is 0 Å². The van der Waals surface area contributed by atoms with Gasteiger partial charge in [0.05, 0.1) is 6.61 Å². The fourth-order valence-corrected chi connectivity index (χ4v) is 2.86. The predicted molar refractivity (Wildman–Crippen MR) is 83.8 cm³/mol. The molecule has 2 aliphatic rings. The second-order valence-electron chi connectivity index (χ2n) is 6.36. The molecule has 114 valence electrons. The van der Waals surface area contributed by atoms with Gasteiger partial charge in [-0.2, -0.15) is 0 Å². The molecule has 0 radical (unpaired) electrons. The summed E-state index contributed by atoms with van der Waals surface area (Å²) >= 11 is 0. The number of hydrogen-bond acceptors (Lipinski definition) is 3. The van der Waals surface area contributed by atoms with Gasteiger partial charge < -0.3 is 14.5 Å². The zero-order chi connectivity index (χ0) is 14.8. The lowest BCUT2D eigenvalue weighted by atomic mass is 10.1. The molecule has 0 unspecified atom stereocenters. The summed E-state index contributed by atoms with van der Waals surface area (Å²) in [6.07, 6.45) is 3.38. The van der Waals surface area contributed by atoms with Crippen molar-refractivity contribution in [1.82, 2.24) is 4.90 Å². The normalized spacial score (nSPS) is 21.3. The molecule has 1 atom stereocenters. The molecule has 1 aromatic carbocycles. The monoisotopic (exact) mass is 288 g/mol. The van der Waals surface area contributed by atoms with Crippen molar-refractivity contribution < 1.29 is 9.53 Å². The Balaban J connectivity index is 1.70. The maximum Gasteiger partial charge on any atom is 0.254 e. The number of hydrogen-bond donors (Lipinski definition) is 0. The quantitative estimate of drug-likeness (QED) is 0.834. The van der Waals surface area contributed by atoms with Crippen LogP contribution in [0.1, 0.15) is 29.6 Å². The molecule has 1 aliphatic carbocycles. The molecule has 1 aromatic rings. The molecule has 1 saturated heterocycles. The van der Waals surface area contributed by atoms with Gasteiger partial charge in [0.2, 0.25) is 0 Å².